The van der Waals surface area contributed by atoms with Crippen molar-refractivity contribution in [2.24, 2.45) is 4.99 Å². The van der Waals surface area contributed by atoms with Crippen LogP contribution in [0, 0.1) is 0 Å². The molecule has 0 spiro atoms. The van der Waals surface area contributed by atoms with Crippen molar-refractivity contribution in [3.05, 3.63) is 12.2 Å². The first-order chi connectivity index (χ1) is 2.89. The molecule has 0 amide bonds. The van der Waals surface area contributed by atoms with Crippen molar-refractivity contribution < 1.29 is 0 Å². The van der Waals surface area contributed by atoms with Gasteiger partial charge in [-0.15, -0.1) is 0 Å². The predicted molar refractivity (Wildman–Crippen MR) is 30.4 cm³/mol. The first kappa shape index (κ1) is 4.06. The summed E-state index contributed by atoms with van der Waals surface area (Å²) in [4.78, 5) is 3.96. The summed E-state index contributed by atoms with van der Waals surface area (Å²) in [5.41, 5.74) is 0. The fraction of sp³-hybridized carbons (Fsp3) is 0.250. The number of nitrogens with zero attached hydrogens (tertiary/aromatic N) is 1. The minimum atomic E-state index is 0.848. The van der Waals surface area contributed by atoms with Gasteiger partial charge in [0.1, 0.15) is 4.62 Å². The molecule has 0 N–H and O–H groups in total. The molecule has 1 aliphatic heterocycles. The maximum atomic E-state index is 3.96. The monoisotopic (exact) mass is 145 g/mol. The Morgan fingerprint density at radius 2 is 2.67 bits per heavy atom. The molecule has 0 aromatic carbocycles. The second-order valence-electron chi connectivity index (χ2n) is 1.07. The Kier molecular flexibility index (Phi) is 1.05. The smallest absolute Gasteiger partial charge is 0.100 e. The predicted octanol–water partition coefficient (Wildman–Crippen LogP) is 1.35. The molecule has 1 nitrogen and oxygen atoms in total. The highest BCUT2D eigenvalue weighted by atomic mass is 79.9. The zero-order chi connectivity index (χ0) is 4.41. The summed E-state index contributed by atoms with van der Waals surface area (Å²) in [5, 5.41) is 0. The second kappa shape index (κ2) is 1.56. The van der Waals surface area contributed by atoms with E-state index >= 15 is 0 Å². The van der Waals surface area contributed by atoms with Crippen molar-refractivity contribution in [3.8, 4) is 0 Å². The first-order valence-electron chi connectivity index (χ1n) is 1.76. The van der Waals surface area contributed by atoms with E-state index in [2.05, 4.69) is 20.9 Å². The van der Waals surface area contributed by atoms with E-state index in [1.54, 1.807) is 0 Å². The highest BCUT2D eigenvalue weighted by Crippen LogP contribution is 1.97. The lowest BCUT2D eigenvalue weighted by Gasteiger charge is -1.69. The largest absolute Gasteiger partial charge is 0.274 e. The third kappa shape index (κ3) is 0.684. The SMILES string of the molecule is BrC1=NCC=C1. The van der Waals surface area contributed by atoms with Crippen LogP contribution in [0.2, 0.25) is 0 Å². The van der Waals surface area contributed by atoms with Crippen molar-refractivity contribution in [2.45, 2.75) is 0 Å². The maximum Gasteiger partial charge on any atom is 0.100 e. The van der Waals surface area contributed by atoms with Crippen LogP contribution < -0.4 is 0 Å². The van der Waals surface area contributed by atoms with E-state index in [0.717, 1.165) is 11.2 Å². The molecule has 0 saturated heterocycles. The number of hydrogen-bond acceptors (Lipinski definition) is 1. The van der Waals surface area contributed by atoms with E-state index in [9.17, 15) is 0 Å². The van der Waals surface area contributed by atoms with Crippen molar-refractivity contribution in [1.29, 1.82) is 0 Å². The fourth-order valence-corrected chi connectivity index (χ4v) is 0.674. The average Bonchev–Trinajstić information content (AvgIpc) is 1.86. The Hall–Kier alpha value is -0.110. The van der Waals surface area contributed by atoms with Crippen LogP contribution in [-0.2, 0) is 0 Å². The van der Waals surface area contributed by atoms with Crippen LogP contribution in [-0.4, -0.2) is 11.2 Å². The average molecular weight is 146 g/mol. The van der Waals surface area contributed by atoms with Gasteiger partial charge < -0.3 is 0 Å². The molecule has 1 heterocycles. The van der Waals surface area contributed by atoms with E-state index in [-0.39, 0.29) is 0 Å². The topological polar surface area (TPSA) is 12.4 Å². The molecule has 0 fully saturated rings. The van der Waals surface area contributed by atoms with Gasteiger partial charge in [0, 0.05) is 0 Å². The van der Waals surface area contributed by atoms with Crippen molar-refractivity contribution >= 4 is 20.6 Å². The highest BCUT2D eigenvalue weighted by Gasteiger charge is 1.88. The molecule has 0 saturated carbocycles. The lowest BCUT2D eigenvalue weighted by Crippen LogP contribution is -1.66. The van der Waals surface area contributed by atoms with E-state index in [4.69, 9.17) is 0 Å². The number of aliphatic imine (C=N–C) groups is 1. The van der Waals surface area contributed by atoms with Gasteiger partial charge in [-0.25, -0.2) is 0 Å². The van der Waals surface area contributed by atoms with Gasteiger partial charge in [0.05, 0.1) is 6.54 Å². The molecule has 0 bridgehead atoms. The van der Waals surface area contributed by atoms with Crippen LogP contribution >= 0.6 is 15.9 Å². The Morgan fingerprint density at radius 1 is 1.83 bits per heavy atom. The minimum Gasteiger partial charge on any atom is -0.274 e. The van der Waals surface area contributed by atoms with Crippen LogP contribution in [0.5, 0.6) is 0 Å². The fourth-order valence-electron chi connectivity index (χ4n) is 0.343. The number of hydrogen-bond donors (Lipinski definition) is 0. The van der Waals surface area contributed by atoms with Crippen molar-refractivity contribution in [3.63, 3.8) is 0 Å². The minimum absolute atomic E-state index is 0.848. The molecule has 0 radical (unpaired) electrons. The van der Waals surface area contributed by atoms with Crippen LogP contribution in [0.15, 0.2) is 17.1 Å². The van der Waals surface area contributed by atoms with Gasteiger partial charge in [-0.1, -0.05) is 6.08 Å². The molecule has 0 unspecified atom stereocenters. The van der Waals surface area contributed by atoms with Gasteiger partial charge in [-0.2, -0.15) is 0 Å². The summed E-state index contributed by atoms with van der Waals surface area (Å²) in [6, 6.07) is 0. The Bertz CT molecular complexity index is 101. The lowest BCUT2D eigenvalue weighted by molar-refractivity contribution is 1.29. The zero-order valence-electron chi connectivity index (χ0n) is 3.19. The Balaban J connectivity index is 2.68. The molecule has 0 aromatic heterocycles. The van der Waals surface area contributed by atoms with Crippen molar-refractivity contribution in [2.75, 3.05) is 6.54 Å². The third-order valence-corrected chi connectivity index (χ3v) is 1.12. The van der Waals surface area contributed by atoms with Crippen LogP contribution in [0.25, 0.3) is 0 Å². The second-order valence-corrected chi connectivity index (χ2v) is 1.88. The molecular weight excluding hydrogens is 142 g/mol. The standard InChI is InChI=1S/C4H4BrN/c5-4-2-1-3-6-4/h1-2H,3H2. The maximum absolute atomic E-state index is 3.96. The van der Waals surface area contributed by atoms with E-state index in [0.29, 0.717) is 0 Å². The van der Waals surface area contributed by atoms with Crippen molar-refractivity contribution in [1.82, 2.24) is 0 Å². The molecule has 6 heavy (non-hydrogen) atoms. The number of halogens is 1. The molecule has 2 heteroatoms. The number of allylic oxidation sites excluding steroid dienone is 1. The van der Waals surface area contributed by atoms with Gasteiger partial charge in [-0.3, -0.25) is 4.99 Å². The molecule has 32 valence electrons. The quantitative estimate of drug-likeness (QED) is 0.489. The van der Waals surface area contributed by atoms with Crippen LogP contribution in [0.1, 0.15) is 0 Å². The first-order valence-corrected chi connectivity index (χ1v) is 2.55. The molecule has 1 aliphatic rings. The normalized spacial score (nSPS) is 18.5. The van der Waals surface area contributed by atoms with Gasteiger partial charge >= 0.3 is 0 Å². The van der Waals surface area contributed by atoms with Gasteiger partial charge in [0.2, 0.25) is 0 Å². The van der Waals surface area contributed by atoms with Gasteiger partial charge in [0.25, 0.3) is 0 Å². The zero-order valence-corrected chi connectivity index (χ0v) is 4.77. The summed E-state index contributed by atoms with van der Waals surface area (Å²) >= 11 is 3.20. The van der Waals surface area contributed by atoms with Gasteiger partial charge in [0.15, 0.2) is 0 Å². The van der Waals surface area contributed by atoms with E-state index in [1.165, 1.54) is 0 Å². The number of rotatable bonds is 0. The molecule has 0 atom stereocenters. The summed E-state index contributed by atoms with van der Waals surface area (Å²) in [7, 11) is 0. The van der Waals surface area contributed by atoms with E-state index < -0.39 is 0 Å². The Morgan fingerprint density at radius 3 is 2.83 bits per heavy atom. The molecular formula is C4H4BrN. The summed E-state index contributed by atoms with van der Waals surface area (Å²) in [6.07, 6.45) is 3.95. The highest BCUT2D eigenvalue weighted by molar-refractivity contribution is 9.18. The molecule has 1 rings (SSSR count). The lowest BCUT2D eigenvalue weighted by atomic mass is 10.6. The van der Waals surface area contributed by atoms with E-state index in [1.807, 2.05) is 12.2 Å². The Labute approximate surface area is 44.9 Å². The molecule has 0 aliphatic carbocycles. The van der Waals surface area contributed by atoms with Crippen LogP contribution in [0.3, 0.4) is 0 Å². The molecule has 0 aromatic rings. The summed E-state index contributed by atoms with van der Waals surface area (Å²) in [5.74, 6) is 0. The summed E-state index contributed by atoms with van der Waals surface area (Å²) in [6.45, 7) is 0.848. The van der Waals surface area contributed by atoms with Gasteiger partial charge in [-0.05, 0) is 22.0 Å². The third-order valence-electron chi connectivity index (χ3n) is 0.603. The van der Waals surface area contributed by atoms with Crippen LogP contribution in [0.4, 0.5) is 0 Å². The summed E-state index contributed by atoms with van der Waals surface area (Å²) < 4.78 is 0.961.